The van der Waals surface area contributed by atoms with Crippen LogP contribution >= 0.6 is 0 Å². The monoisotopic (exact) mass is 583 g/mol. The predicted octanol–water partition coefficient (Wildman–Crippen LogP) is 4.92. The summed E-state index contributed by atoms with van der Waals surface area (Å²) in [6.45, 7) is 6.14. The molecule has 2 N–H and O–H groups in total. The van der Waals surface area contributed by atoms with Crippen molar-refractivity contribution in [2.24, 2.45) is 5.92 Å². The average molecular weight is 584 g/mol. The van der Waals surface area contributed by atoms with Crippen LogP contribution in [0.3, 0.4) is 0 Å². The first-order valence-corrected chi connectivity index (χ1v) is 16.2. The third kappa shape index (κ3) is 6.09. The molecule has 1 saturated heterocycles. The van der Waals surface area contributed by atoms with Gasteiger partial charge in [0.05, 0.1) is 22.1 Å². The first-order chi connectivity index (χ1) is 20.3. The molecule has 3 heterocycles. The Morgan fingerprint density at radius 2 is 1.64 bits per heavy atom. The van der Waals surface area contributed by atoms with Crippen molar-refractivity contribution in [3.8, 4) is 11.3 Å². The van der Waals surface area contributed by atoms with Gasteiger partial charge in [-0.15, -0.1) is 0 Å². The van der Waals surface area contributed by atoms with Crippen molar-refractivity contribution < 1.29 is 13.2 Å². The zero-order valence-corrected chi connectivity index (χ0v) is 24.9. The van der Waals surface area contributed by atoms with Gasteiger partial charge in [0, 0.05) is 53.9 Å². The van der Waals surface area contributed by atoms with E-state index in [0.29, 0.717) is 32.2 Å². The normalized spacial score (nSPS) is 21.4. The van der Waals surface area contributed by atoms with Crippen molar-refractivity contribution in [3.05, 3.63) is 89.7 Å². The van der Waals surface area contributed by atoms with E-state index in [9.17, 15) is 13.2 Å². The summed E-state index contributed by atoms with van der Waals surface area (Å²) in [7, 11) is -3.72. The molecule has 4 aromatic rings. The minimum Gasteiger partial charge on any atom is -0.333 e. The largest absolute Gasteiger partial charge is 0.333 e. The number of sulfonamides is 1. The lowest BCUT2D eigenvalue weighted by Crippen LogP contribution is -2.51. The Bertz CT molecular complexity index is 1680. The summed E-state index contributed by atoms with van der Waals surface area (Å²) >= 11 is 0. The predicted molar refractivity (Wildman–Crippen MR) is 164 cm³/mol. The molecule has 2 aromatic carbocycles. The molecule has 1 atom stereocenters. The van der Waals surface area contributed by atoms with E-state index in [1.54, 1.807) is 18.2 Å². The van der Waals surface area contributed by atoms with E-state index >= 15 is 0 Å². The Morgan fingerprint density at radius 3 is 2.38 bits per heavy atom. The van der Waals surface area contributed by atoms with Gasteiger partial charge in [-0.3, -0.25) is 9.78 Å². The summed E-state index contributed by atoms with van der Waals surface area (Å²) in [6, 6.07) is 22.9. The Balaban J connectivity index is 1.10. The first-order valence-electron chi connectivity index (χ1n) is 14.7. The van der Waals surface area contributed by atoms with E-state index < -0.39 is 10.0 Å². The van der Waals surface area contributed by atoms with E-state index in [-0.39, 0.29) is 28.8 Å². The quantitative estimate of drug-likeness (QED) is 0.334. The number of amides is 1. The molecule has 0 bridgehead atoms. The number of carbonyl (C=O) groups is 1. The maximum Gasteiger partial charge on any atom is 0.240 e. The molecular formula is C33H37N5O3S. The van der Waals surface area contributed by atoms with Gasteiger partial charge >= 0.3 is 0 Å². The number of pyridine rings is 2. The summed E-state index contributed by atoms with van der Waals surface area (Å²) in [4.78, 5) is 25.0. The van der Waals surface area contributed by atoms with E-state index in [4.69, 9.17) is 4.98 Å². The topological polar surface area (TPSA) is 104 Å². The minimum absolute atomic E-state index is 0.0279. The fourth-order valence-electron chi connectivity index (χ4n) is 6.34. The molecule has 2 aliphatic rings. The van der Waals surface area contributed by atoms with Crippen LogP contribution in [0.15, 0.2) is 77.7 Å². The molecule has 218 valence electrons. The van der Waals surface area contributed by atoms with Gasteiger partial charge in [-0.05, 0) is 81.5 Å². The molecule has 1 aliphatic carbocycles. The summed E-state index contributed by atoms with van der Waals surface area (Å²) < 4.78 is 29.6. The fourth-order valence-corrected chi connectivity index (χ4v) is 7.68. The van der Waals surface area contributed by atoms with Crippen molar-refractivity contribution in [2.45, 2.75) is 56.5 Å². The Morgan fingerprint density at radius 1 is 0.905 bits per heavy atom. The number of hydrogen-bond donors (Lipinski definition) is 2. The zero-order chi connectivity index (χ0) is 29.3. The Hall–Kier alpha value is -3.66. The molecular weight excluding hydrogens is 546 g/mol. The van der Waals surface area contributed by atoms with Gasteiger partial charge in [-0.1, -0.05) is 36.4 Å². The number of aryl methyl sites for hydroxylation is 2. The molecule has 1 unspecified atom stereocenters. The van der Waals surface area contributed by atoms with Crippen molar-refractivity contribution in [2.75, 3.05) is 19.6 Å². The zero-order valence-electron chi connectivity index (χ0n) is 24.1. The highest BCUT2D eigenvalue weighted by Gasteiger charge is 2.35. The molecule has 8 nitrogen and oxygen atoms in total. The molecule has 1 amide bonds. The third-order valence-corrected chi connectivity index (χ3v) is 9.98. The van der Waals surface area contributed by atoms with Crippen LogP contribution in [0.1, 0.15) is 48.7 Å². The fraction of sp³-hybridized carbons (Fsp3) is 0.364. The number of nitrogens with one attached hydrogen (secondary N) is 2. The summed E-state index contributed by atoms with van der Waals surface area (Å²) in [5, 5.41) is 4.18. The van der Waals surface area contributed by atoms with Crippen molar-refractivity contribution in [3.63, 3.8) is 0 Å². The van der Waals surface area contributed by atoms with Crippen LogP contribution in [0.2, 0.25) is 0 Å². The highest BCUT2D eigenvalue weighted by atomic mass is 32.2. The smallest absolute Gasteiger partial charge is 0.240 e. The second kappa shape index (κ2) is 11.9. The maximum absolute atomic E-state index is 13.6. The van der Waals surface area contributed by atoms with Crippen LogP contribution in [0.5, 0.6) is 0 Å². The third-order valence-electron chi connectivity index (χ3n) is 8.46. The number of carbonyl (C=O) groups excluding carboxylic acids is 1. The van der Waals surface area contributed by atoms with E-state index in [2.05, 4.69) is 27.2 Å². The molecule has 42 heavy (non-hydrogen) atoms. The van der Waals surface area contributed by atoms with E-state index in [1.165, 1.54) is 0 Å². The molecule has 9 heteroatoms. The van der Waals surface area contributed by atoms with Gasteiger partial charge in [0.2, 0.25) is 15.9 Å². The van der Waals surface area contributed by atoms with Crippen LogP contribution in [-0.2, 0) is 14.8 Å². The first kappa shape index (κ1) is 28.5. The molecule has 2 aromatic heterocycles. The van der Waals surface area contributed by atoms with E-state index in [1.807, 2.05) is 61.2 Å². The van der Waals surface area contributed by atoms with Gasteiger partial charge in [0.1, 0.15) is 0 Å². The molecule has 6 rings (SSSR count). The molecule has 0 spiro atoms. The van der Waals surface area contributed by atoms with E-state index in [0.717, 1.165) is 52.2 Å². The summed E-state index contributed by atoms with van der Waals surface area (Å²) in [5.74, 6) is 0.106. The summed E-state index contributed by atoms with van der Waals surface area (Å²) in [5.41, 5.74) is 5.55. The van der Waals surface area contributed by atoms with Gasteiger partial charge < -0.3 is 10.2 Å². The van der Waals surface area contributed by atoms with Crippen molar-refractivity contribution >= 4 is 26.8 Å². The standard InChI is InChI=1S/C33H37N5O3S/c1-22-18-27(19-23(2)35-22)31-14-10-26-20-29(13-15-30(26)36-31)42(40,41)37-28-11-8-25(9-12-28)33(39)38-17-16-34-21-32(38)24-6-4-3-5-7-24/h3-7,10,13-15,18-20,25,28,32,34,37H,8-9,11-12,16-17,21H2,1-2H3/t25-,28-,32?. The second-order valence-corrected chi connectivity index (χ2v) is 13.2. The van der Waals surface area contributed by atoms with Crippen LogP contribution in [0.25, 0.3) is 22.2 Å². The Labute approximate surface area is 247 Å². The van der Waals surface area contributed by atoms with Gasteiger partial charge in [0.25, 0.3) is 0 Å². The highest BCUT2D eigenvalue weighted by molar-refractivity contribution is 7.89. The number of nitrogens with zero attached hydrogens (tertiary/aromatic N) is 3. The summed E-state index contributed by atoms with van der Waals surface area (Å²) in [6.07, 6.45) is 2.63. The number of aromatic nitrogens is 2. The van der Waals surface area contributed by atoms with Crippen molar-refractivity contribution in [1.29, 1.82) is 0 Å². The Kier molecular flexibility index (Phi) is 8.07. The molecule has 1 aliphatic heterocycles. The SMILES string of the molecule is Cc1cc(-c2ccc3cc(S(=O)(=O)N[C@H]4CC[C@H](C(=O)N5CCNCC5c5ccccc5)CC4)ccc3n2)cc(C)n1. The number of fused-ring (bicyclic) bond motifs is 1. The average Bonchev–Trinajstić information content (AvgIpc) is 3.00. The lowest BCUT2D eigenvalue weighted by molar-refractivity contribution is -0.140. The lowest BCUT2D eigenvalue weighted by Gasteiger charge is -2.40. The van der Waals surface area contributed by atoms with Crippen LogP contribution in [0.4, 0.5) is 0 Å². The van der Waals surface area contributed by atoms with Gasteiger partial charge in [0.15, 0.2) is 0 Å². The van der Waals surface area contributed by atoms with Crippen LogP contribution in [0, 0.1) is 19.8 Å². The molecule has 2 fully saturated rings. The van der Waals surface area contributed by atoms with Gasteiger partial charge in [-0.25, -0.2) is 18.1 Å². The molecule has 0 radical (unpaired) electrons. The van der Waals surface area contributed by atoms with Gasteiger partial charge in [-0.2, -0.15) is 0 Å². The second-order valence-electron chi connectivity index (χ2n) is 11.5. The van der Waals surface area contributed by atoms with Crippen LogP contribution in [-0.4, -0.2) is 54.9 Å². The molecule has 1 saturated carbocycles. The minimum atomic E-state index is -3.72. The maximum atomic E-state index is 13.6. The number of benzene rings is 2. The highest BCUT2D eigenvalue weighted by Crippen LogP contribution is 2.31. The van der Waals surface area contributed by atoms with Crippen LogP contribution < -0.4 is 10.0 Å². The number of hydrogen-bond acceptors (Lipinski definition) is 6. The number of piperazine rings is 1. The number of rotatable bonds is 6. The lowest BCUT2D eigenvalue weighted by atomic mass is 9.85. The van der Waals surface area contributed by atoms with Crippen molar-refractivity contribution in [1.82, 2.24) is 24.9 Å².